The first-order chi connectivity index (χ1) is 17.2. The van der Waals surface area contributed by atoms with Gasteiger partial charge in [0.2, 0.25) is 5.91 Å². The van der Waals surface area contributed by atoms with Crippen LogP contribution < -0.4 is 15.4 Å². The summed E-state index contributed by atoms with van der Waals surface area (Å²) < 4.78 is 20.7. The summed E-state index contributed by atoms with van der Waals surface area (Å²) in [5, 5.41) is 9.15. The second-order valence-electron chi connectivity index (χ2n) is 8.99. The van der Waals surface area contributed by atoms with E-state index in [-0.39, 0.29) is 54.3 Å². The zero-order valence-corrected chi connectivity index (χ0v) is 19.6. The lowest BCUT2D eigenvalue weighted by Gasteiger charge is -2.41. The number of carbonyl (C=O) groups excluding carboxylic acids is 4. The number of likely N-dealkylation sites (tertiary alicyclic amines) is 1. The van der Waals surface area contributed by atoms with Crippen molar-refractivity contribution in [3.63, 3.8) is 0 Å². The second-order valence-corrected chi connectivity index (χ2v) is 8.99. The molecule has 0 spiro atoms. The van der Waals surface area contributed by atoms with Gasteiger partial charge in [-0.25, -0.2) is 13.9 Å². The Bertz CT molecular complexity index is 1420. The predicted octanol–water partition coefficient (Wildman–Crippen LogP) is 0.651. The van der Waals surface area contributed by atoms with Crippen molar-refractivity contribution in [3.05, 3.63) is 58.8 Å². The van der Waals surface area contributed by atoms with E-state index in [0.29, 0.717) is 12.3 Å². The highest BCUT2D eigenvalue weighted by atomic mass is 19.1. The number of rotatable bonds is 6. The molecule has 2 aromatic heterocycles. The van der Waals surface area contributed by atoms with Gasteiger partial charge in [0, 0.05) is 30.6 Å². The Balaban J connectivity index is 1.34. The molecule has 3 amide bonds. The lowest BCUT2D eigenvalue weighted by Crippen LogP contribution is -2.65. The number of β-lactam (4-membered cyclic amide) rings is 1. The third-order valence-electron chi connectivity index (χ3n) is 6.14. The molecule has 0 radical (unpaired) electrons. The van der Waals surface area contributed by atoms with Crippen LogP contribution in [0.3, 0.4) is 0 Å². The minimum atomic E-state index is -0.802. The number of nitrogens with zero attached hydrogens (tertiary/aromatic N) is 4. The number of ether oxygens (including phenoxy) is 1. The second kappa shape index (κ2) is 9.02. The SMILES string of the molecule is CC(C)N1C[C@H](NC(=O)c2cc(C(=O)NCc3ccc4c(c3)CC(=O)CO4)nc3c(F)cnn23)C1=O. The fourth-order valence-corrected chi connectivity index (χ4v) is 4.19. The maximum atomic E-state index is 14.3. The minimum Gasteiger partial charge on any atom is -0.486 e. The van der Waals surface area contributed by atoms with Crippen molar-refractivity contribution < 1.29 is 28.3 Å². The first-order valence-electron chi connectivity index (χ1n) is 11.4. The molecule has 5 rings (SSSR count). The van der Waals surface area contributed by atoms with Crippen molar-refractivity contribution >= 4 is 29.2 Å². The third-order valence-corrected chi connectivity index (χ3v) is 6.14. The summed E-state index contributed by atoms with van der Waals surface area (Å²) in [7, 11) is 0. The van der Waals surface area contributed by atoms with Crippen LogP contribution in [0.15, 0.2) is 30.5 Å². The molecule has 2 aliphatic heterocycles. The van der Waals surface area contributed by atoms with Gasteiger partial charge in [-0.1, -0.05) is 6.07 Å². The number of Topliss-reactive ketones (excluding diaryl/α,β-unsaturated/α-hetero) is 1. The quantitative estimate of drug-likeness (QED) is 0.481. The van der Waals surface area contributed by atoms with Crippen LogP contribution in [0.25, 0.3) is 5.65 Å². The summed E-state index contributed by atoms with van der Waals surface area (Å²) in [4.78, 5) is 55.4. The number of aromatic nitrogens is 3. The van der Waals surface area contributed by atoms with E-state index < -0.39 is 23.7 Å². The average molecular weight is 494 g/mol. The zero-order valence-electron chi connectivity index (χ0n) is 19.6. The van der Waals surface area contributed by atoms with E-state index in [1.54, 1.807) is 23.1 Å². The van der Waals surface area contributed by atoms with Crippen LogP contribution in [0.1, 0.15) is 46.0 Å². The van der Waals surface area contributed by atoms with Crippen molar-refractivity contribution in [3.8, 4) is 5.75 Å². The maximum Gasteiger partial charge on any atom is 0.270 e. The highest BCUT2D eigenvalue weighted by Gasteiger charge is 2.39. The van der Waals surface area contributed by atoms with Gasteiger partial charge in [-0.15, -0.1) is 0 Å². The van der Waals surface area contributed by atoms with Crippen molar-refractivity contribution in [1.29, 1.82) is 0 Å². The highest BCUT2D eigenvalue weighted by Crippen LogP contribution is 2.24. The molecule has 36 heavy (non-hydrogen) atoms. The monoisotopic (exact) mass is 494 g/mol. The Morgan fingerprint density at radius 2 is 2.03 bits per heavy atom. The molecule has 2 N–H and O–H groups in total. The topological polar surface area (TPSA) is 135 Å². The molecule has 1 fully saturated rings. The van der Waals surface area contributed by atoms with Gasteiger partial charge in [0.1, 0.15) is 29.8 Å². The molecule has 186 valence electrons. The number of hydrogen-bond acceptors (Lipinski definition) is 7. The number of hydrogen-bond donors (Lipinski definition) is 2. The summed E-state index contributed by atoms with van der Waals surface area (Å²) in [5.74, 6) is -1.74. The van der Waals surface area contributed by atoms with E-state index in [9.17, 15) is 23.6 Å². The average Bonchev–Trinajstić information content (AvgIpc) is 3.23. The largest absolute Gasteiger partial charge is 0.486 e. The predicted molar refractivity (Wildman–Crippen MR) is 123 cm³/mol. The Morgan fingerprint density at radius 3 is 2.78 bits per heavy atom. The van der Waals surface area contributed by atoms with Crippen LogP contribution in [0.2, 0.25) is 0 Å². The molecule has 12 heteroatoms. The van der Waals surface area contributed by atoms with Crippen molar-refractivity contribution in [2.45, 2.75) is 38.9 Å². The number of benzene rings is 1. The number of carbonyl (C=O) groups is 4. The van der Waals surface area contributed by atoms with E-state index in [4.69, 9.17) is 4.74 Å². The molecule has 0 saturated carbocycles. The van der Waals surface area contributed by atoms with Gasteiger partial charge < -0.3 is 20.3 Å². The molecular formula is C24H23FN6O5. The summed E-state index contributed by atoms with van der Waals surface area (Å²) >= 11 is 0. The number of amides is 3. The molecule has 2 aliphatic rings. The molecule has 3 aromatic rings. The van der Waals surface area contributed by atoms with E-state index in [1.807, 2.05) is 13.8 Å². The van der Waals surface area contributed by atoms with Gasteiger partial charge in [-0.3, -0.25) is 19.2 Å². The van der Waals surface area contributed by atoms with Gasteiger partial charge in [-0.05, 0) is 31.5 Å². The fraction of sp³-hybridized carbons (Fsp3) is 0.333. The van der Waals surface area contributed by atoms with Crippen molar-refractivity contribution in [2.24, 2.45) is 0 Å². The summed E-state index contributed by atoms with van der Waals surface area (Å²) in [6.45, 7) is 4.25. The van der Waals surface area contributed by atoms with Crippen molar-refractivity contribution in [2.75, 3.05) is 13.2 Å². The fourth-order valence-electron chi connectivity index (χ4n) is 4.19. The molecule has 0 bridgehead atoms. The Morgan fingerprint density at radius 1 is 1.22 bits per heavy atom. The van der Waals surface area contributed by atoms with Gasteiger partial charge in [-0.2, -0.15) is 5.10 Å². The van der Waals surface area contributed by atoms with E-state index >= 15 is 0 Å². The van der Waals surface area contributed by atoms with Gasteiger partial charge in [0.25, 0.3) is 11.8 Å². The lowest BCUT2D eigenvalue weighted by molar-refractivity contribution is -0.145. The smallest absolute Gasteiger partial charge is 0.270 e. The van der Waals surface area contributed by atoms with Crippen LogP contribution in [0.5, 0.6) is 5.75 Å². The van der Waals surface area contributed by atoms with Crippen molar-refractivity contribution in [1.82, 2.24) is 30.1 Å². The van der Waals surface area contributed by atoms with Gasteiger partial charge >= 0.3 is 0 Å². The first-order valence-corrected chi connectivity index (χ1v) is 11.4. The number of halogens is 1. The maximum absolute atomic E-state index is 14.3. The highest BCUT2D eigenvalue weighted by molar-refractivity contribution is 6.01. The minimum absolute atomic E-state index is 0.0110. The van der Waals surface area contributed by atoms with Gasteiger partial charge in [0.15, 0.2) is 17.2 Å². The van der Waals surface area contributed by atoms with Crippen LogP contribution in [0, 0.1) is 5.82 Å². The zero-order chi connectivity index (χ0) is 25.6. The molecule has 0 unspecified atom stereocenters. The van der Waals surface area contributed by atoms with Crippen LogP contribution in [0.4, 0.5) is 4.39 Å². The summed E-state index contributed by atoms with van der Waals surface area (Å²) in [6, 6.07) is 5.77. The van der Waals surface area contributed by atoms with Gasteiger partial charge in [0.05, 0.1) is 12.7 Å². The standard InChI is InChI=1S/C24H23FN6O5/c1-12(2)30-10-18(24(30)35)29-23(34)19-7-17(28-21-16(25)9-27-31(19)21)22(33)26-8-13-3-4-20-14(5-13)6-15(32)11-36-20/h3-5,7,9,12,18H,6,8,10-11H2,1-2H3,(H,26,33)(H,29,34)/t18-/m0/s1. The molecule has 0 aliphatic carbocycles. The summed E-state index contributed by atoms with van der Waals surface area (Å²) in [5.41, 5.74) is 0.857. The van der Waals surface area contributed by atoms with E-state index in [2.05, 4.69) is 20.7 Å². The number of ketones is 1. The van der Waals surface area contributed by atoms with Crippen LogP contribution >= 0.6 is 0 Å². The Kier molecular flexibility index (Phi) is 5.86. The number of nitrogens with one attached hydrogen (secondary N) is 2. The molecule has 11 nitrogen and oxygen atoms in total. The number of fused-ring (bicyclic) bond motifs is 2. The lowest BCUT2D eigenvalue weighted by atomic mass is 10.0. The van der Waals surface area contributed by atoms with E-state index in [0.717, 1.165) is 21.8 Å². The first kappa shape index (κ1) is 23.4. The molecule has 1 atom stereocenters. The molecule has 4 heterocycles. The molecule has 1 saturated heterocycles. The Labute approximate surface area is 204 Å². The van der Waals surface area contributed by atoms with Crippen LogP contribution in [-0.2, 0) is 22.6 Å². The third kappa shape index (κ3) is 4.25. The van der Waals surface area contributed by atoms with E-state index in [1.165, 1.54) is 6.07 Å². The normalized spacial score (nSPS) is 17.0. The Hall–Kier alpha value is -4.35. The van der Waals surface area contributed by atoms with Crippen LogP contribution in [-0.4, -0.2) is 68.2 Å². The molecule has 1 aromatic carbocycles. The molecular weight excluding hydrogens is 471 g/mol. The summed E-state index contributed by atoms with van der Waals surface area (Å²) in [6.07, 6.45) is 1.15.